The maximum Gasteiger partial charge on any atom is 0.410 e. The van der Waals surface area contributed by atoms with E-state index in [1.807, 2.05) is 20.8 Å². The summed E-state index contributed by atoms with van der Waals surface area (Å²) in [4.78, 5) is 13.9. The lowest BCUT2D eigenvalue weighted by Gasteiger charge is -2.45. The average Bonchev–Trinajstić information content (AvgIpc) is 2.45. The summed E-state index contributed by atoms with van der Waals surface area (Å²) in [5.41, 5.74) is -0.313. The van der Waals surface area contributed by atoms with Crippen LogP contribution in [0.2, 0.25) is 0 Å². The van der Waals surface area contributed by atoms with Crippen LogP contribution in [-0.4, -0.2) is 45.5 Å². The van der Waals surface area contributed by atoms with Gasteiger partial charge in [-0.15, -0.1) is 0 Å². The molecule has 1 unspecified atom stereocenters. The number of ether oxygens (including phenoxy) is 2. The van der Waals surface area contributed by atoms with E-state index < -0.39 is 17.3 Å². The molecule has 2 heterocycles. The Balaban J connectivity index is 1.69. The smallest absolute Gasteiger partial charge is 0.410 e. The molecule has 6 heteroatoms. The van der Waals surface area contributed by atoms with Crippen molar-refractivity contribution in [3.63, 3.8) is 0 Å². The predicted molar refractivity (Wildman–Crippen MR) is 88.1 cm³/mol. The van der Waals surface area contributed by atoms with Crippen molar-refractivity contribution < 1.29 is 24.5 Å². The molecule has 2 N–H and O–H groups in total. The molecule has 1 atom stereocenters. The topological polar surface area (TPSA) is 79.2 Å². The number of carbonyl (C=O) groups is 1. The maximum atomic E-state index is 12.2. The summed E-state index contributed by atoms with van der Waals surface area (Å²) in [6.07, 6.45) is 0.804. The number of fused-ring (bicyclic) bond motifs is 1. The van der Waals surface area contributed by atoms with E-state index in [2.05, 4.69) is 0 Å². The minimum atomic E-state index is -0.623. The Morgan fingerprint density at radius 2 is 2.00 bits per heavy atom. The molecular weight excluding hydrogens is 310 g/mol. The van der Waals surface area contributed by atoms with E-state index in [4.69, 9.17) is 9.47 Å². The number of piperidine rings is 1. The lowest BCUT2D eigenvalue weighted by atomic mass is 9.82. The average molecular weight is 335 g/mol. The summed E-state index contributed by atoms with van der Waals surface area (Å²) in [5, 5.41) is 20.1. The monoisotopic (exact) mass is 335 g/mol. The number of aromatic hydroxyl groups is 1. The number of nitrogens with zero attached hydrogens (tertiary/aromatic N) is 1. The number of phenolic OH excluding ortho intramolecular Hbond substituents is 1. The molecule has 132 valence electrons. The number of phenols is 1. The van der Waals surface area contributed by atoms with Gasteiger partial charge < -0.3 is 24.6 Å². The van der Waals surface area contributed by atoms with Gasteiger partial charge in [0.05, 0.1) is 6.10 Å². The first kappa shape index (κ1) is 16.9. The van der Waals surface area contributed by atoms with E-state index in [1.54, 1.807) is 23.1 Å². The van der Waals surface area contributed by atoms with Crippen molar-refractivity contribution in [3.05, 3.63) is 23.8 Å². The van der Waals surface area contributed by atoms with E-state index in [1.165, 1.54) is 0 Å². The second-order valence-corrected chi connectivity index (χ2v) is 7.69. The standard InChI is InChI=1S/C18H25NO5/c1-17(2,3)24-16(22)19-8-6-18(7-9-19)11-14(21)13-5-4-12(20)10-15(13)23-18/h4-5,10,14,20-21H,6-9,11H2,1-3H3. The molecule has 1 aromatic carbocycles. The normalized spacial score (nSPS) is 22.7. The van der Waals surface area contributed by atoms with Gasteiger partial charge in [0.1, 0.15) is 22.7 Å². The number of aliphatic hydroxyl groups is 1. The van der Waals surface area contributed by atoms with Crippen molar-refractivity contribution in [2.45, 2.75) is 57.3 Å². The third-order valence-corrected chi connectivity index (χ3v) is 4.57. The van der Waals surface area contributed by atoms with Crippen molar-refractivity contribution in [1.82, 2.24) is 4.90 Å². The molecule has 0 aliphatic carbocycles. The first-order valence-corrected chi connectivity index (χ1v) is 8.35. The highest BCUT2D eigenvalue weighted by atomic mass is 16.6. The Hall–Kier alpha value is -1.95. The van der Waals surface area contributed by atoms with Crippen LogP contribution in [0.1, 0.15) is 51.7 Å². The molecule has 6 nitrogen and oxygen atoms in total. The zero-order chi connectivity index (χ0) is 17.5. The van der Waals surface area contributed by atoms with E-state index in [-0.39, 0.29) is 11.8 Å². The molecule has 0 bridgehead atoms. The first-order valence-electron chi connectivity index (χ1n) is 8.35. The molecule has 24 heavy (non-hydrogen) atoms. The summed E-state index contributed by atoms with van der Waals surface area (Å²) in [6, 6.07) is 4.78. The van der Waals surface area contributed by atoms with E-state index >= 15 is 0 Å². The Morgan fingerprint density at radius 3 is 2.62 bits per heavy atom. The van der Waals surface area contributed by atoms with Crippen LogP contribution >= 0.6 is 0 Å². The van der Waals surface area contributed by atoms with Crippen molar-refractivity contribution >= 4 is 6.09 Å². The van der Waals surface area contributed by atoms with Gasteiger partial charge in [0.25, 0.3) is 0 Å². The molecule has 1 amide bonds. The number of likely N-dealkylation sites (tertiary alicyclic amines) is 1. The van der Waals surface area contributed by atoms with E-state index in [0.29, 0.717) is 43.7 Å². The third-order valence-electron chi connectivity index (χ3n) is 4.57. The van der Waals surface area contributed by atoms with E-state index in [0.717, 1.165) is 0 Å². The molecule has 0 saturated carbocycles. The second kappa shape index (κ2) is 5.84. The highest BCUT2D eigenvalue weighted by Crippen LogP contribution is 2.45. The molecule has 3 rings (SSSR count). The minimum absolute atomic E-state index is 0.115. The quantitative estimate of drug-likeness (QED) is 0.762. The van der Waals surface area contributed by atoms with Crippen LogP contribution in [-0.2, 0) is 4.74 Å². The molecule has 1 spiro atoms. The lowest BCUT2D eigenvalue weighted by molar-refractivity contribution is -0.0570. The second-order valence-electron chi connectivity index (χ2n) is 7.69. The van der Waals surface area contributed by atoms with Gasteiger partial charge in [-0.3, -0.25) is 0 Å². The molecule has 2 aliphatic heterocycles. The van der Waals surface area contributed by atoms with Crippen LogP contribution in [0.4, 0.5) is 4.79 Å². The Morgan fingerprint density at radius 1 is 1.33 bits per heavy atom. The highest BCUT2D eigenvalue weighted by molar-refractivity contribution is 5.68. The van der Waals surface area contributed by atoms with Crippen LogP contribution in [0, 0.1) is 0 Å². The summed E-state index contributed by atoms with van der Waals surface area (Å²) >= 11 is 0. The molecule has 1 aromatic rings. The van der Waals surface area contributed by atoms with Crippen molar-refractivity contribution in [3.8, 4) is 11.5 Å². The van der Waals surface area contributed by atoms with Crippen LogP contribution in [0.25, 0.3) is 0 Å². The first-order chi connectivity index (χ1) is 11.2. The summed E-state index contributed by atoms with van der Waals surface area (Å²) in [6.45, 7) is 6.59. The van der Waals surface area contributed by atoms with Crippen LogP contribution in [0.15, 0.2) is 18.2 Å². The Bertz CT molecular complexity index is 629. The van der Waals surface area contributed by atoms with Gasteiger partial charge in [-0.25, -0.2) is 4.79 Å². The fourth-order valence-electron chi connectivity index (χ4n) is 3.35. The molecular formula is C18H25NO5. The largest absolute Gasteiger partial charge is 0.508 e. The van der Waals surface area contributed by atoms with E-state index in [9.17, 15) is 15.0 Å². The van der Waals surface area contributed by atoms with Gasteiger partial charge in [0, 0.05) is 44.0 Å². The fourth-order valence-corrected chi connectivity index (χ4v) is 3.35. The van der Waals surface area contributed by atoms with Gasteiger partial charge in [-0.1, -0.05) is 0 Å². The zero-order valence-electron chi connectivity index (χ0n) is 14.4. The summed E-state index contributed by atoms with van der Waals surface area (Å²) < 4.78 is 11.6. The number of hydrogen-bond donors (Lipinski definition) is 2. The summed E-state index contributed by atoms with van der Waals surface area (Å²) in [7, 11) is 0. The van der Waals surface area contributed by atoms with Crippen molar-refractivity contribution in [2.75, 3.05) is 13.1 Å². The van der Waals surface area contributed by atoms with Crippen LogP contribution in [0.5, 0.6) is 11.5 Å². The molecule has 0 aromatic heterocycles. The van der Waals surface area contributed by atoms with Gasteiger partial charge in [0.2, 0.25) is 0 Å². The van der Waals surface area contributed by atoms with Gasteiger partial charge in [-0.05, 0) is 32.9 Å². The fraction of sp³-hybridized carbons (Fsp3) is 0.611. The Labute approximate surface area is 142 Å². The number of amides is 1. The number of carbonyl (C=O) groups excluding carboxylic acids is 1. The SMILES string of the molecule is CC(C)(C)OC(=O)N1CCC2(CC1)CC(O)c1ccc(O)cc1O2. The molecule has 0 radical (unpaired) electrons. The number of rotatable bonds is 0. The maximum absolute atomic E-state index is 12.2. The van der Waals surface area contributed by atoms with Gasteiger partial charge in [-0.2, -0.15) is 0 Å². The third kappa shape index (κ3) is 3.43. The zero-order valence-corrected chi connectivity index (χ0v) is 14.4. The highest BCUT2D eigenvalue weighted by Gasteiger charge is 2.44. The van der Waals surface area contributed by atoms with Crippen molar-refractivity contribution in [2.24, 2.45) is 0 Å². The Kier molecular flexibility index (Phi) is 4.11. The molecule has 1 saturated heterocycles. The molecule has 1 fully saturated rings. The number of aliphatic hydroxyl groups excluding tert-OH is 1. The molecule has 2 aliphatic rings. The predicted octanol–water partition coefficient (Wildman–Crippen LogP) is 2.98. The van der Waals surface area contributed by atoms with Crippen molar-refractivity contribution in [1.29, 1.82) is 0 Å². The lowest BCUT2D eigenvalue weighted by Crippen LogP contribution is -2.52. The number of hydrogen-bond acceptors (Lipinski definition) is 5. The van der Waals surface area contributed by atoms with Crippen LogP contribution in [0.3, 0.4) is 0 Å². The van der Waals surface area contributed by atoms with Crippen LogP contribution < -0.4 is 4.74 Å². The van der Waals surface area contributed by atoms with Gasteiger partial charge in [0.15, 0.2) is 0 Å². The number of benzene rings is 1. The van der Waals surface area contributed by atoms with Gasteiger partial charge >= 0.3 is 6.09 Å². The summed E-state index contributed by atoms with van der Waals surface area (Å²) in [5.74, 6) is 0.642. The minimum Gasteiger partial charge on any atom is -0.508 e.